The number of nitrogens with zero attached hydrogens (tertiary/aromatic N) is 1. The van der Waals surface area contributed by atoms with Crippen molar-refractivity contribution in [3.63, 3.8) is 0 Å². The summed E-state index contributed by atoms with van der Waals surface area (Å²) in [6.45, 7) is 0. The molecule has 0 aromatic heterocycles. The van der Waals surface area contributed by atoms with E-state index >= 15 is 0 Å². The van der Waals surface area contributed by atoms with E-state index in [2.05, 4.69) is 5.32 Å². The molecule has 2 amide bonds. The molecule has 1 saturated heterocycles. The molecular weight excluding hydrogens is 327 g/mol. The number of carbonyl (C=O) groups excluding carboxylic acids is 2. The maximum atomic E-state index is 12.1. The van der Waals surface area contributed by atoms with Crippen LogP contribution < -0.4 is 5.32 Å². The van der Waals surface area contributed by atoms with Gasteiger partial charge in [-0.05, 0) is 12.0 Å². The van der Waals surface area contributed by atoms with Crippen molar-refractivity contribution in [3.05, 3.63) is 11.3 Å². The average molecular weight is 339 g/mol. The lowest BCUT2D eigenvalue weighted by Crippen LogP contribution is -2.71. The van der Waals surface area contributed by atoms with E-state index in [0.29, 0.717) is 13.7 Å². The molecule has 3 atom stereocenters. The third-order valence-electron chi connectivity index (χ3n) is 3.46. The van der Waals surface area contributed by atoms with Gasteiger partial charge in [0.15, 0.2) is 0 Å². The summed E-state index contributed by atoms with van der Waals surface area (Å²) in [5.74, 6) is -2.78. The zero-order chi connectivity index (χ0) is 17.1. The molecule has 3 unspecified atom stereocenters. The van der Waals surface area contributed by atoms with Gasteiger partial charge in [-0.3, -0.25) is 14.5 Å². The van der Waals surface area contributed by atoms with Gasteiger partial charge >= 0.3 is 13.4 Å². The number of carboxylic acids is 1. The lowest BCUT2D eigenvalue weighted by atomic mass is 9.49. The molecule has 12 heteroatoms. The Bertz CT molecular complexity index is 590. The summed E-state index contributed by atoms with van der Waals surface area (Å²) in [4.78, 5) is 35.8. The average Bonchev–Trinajstić information content (AvgIpc) is 2.52. The fourth-order valence-electron chi connectivity index (χ4n) is 2.44. The number of hydrogen-bond acceptors (Lipinski definition) is 6. The van der Waals surface area contributed by atoms with Crippen molar-refractivity contribution in [2.45, 2.75) is 29.6 Å². The molecule has 0 aliphatic carbocycles. The molecule has 0 aromatic rings. The van der Waals surface area contributed by atoms with Gasteiger partial charge < -0.3 is 25.3 Å². The lowest BCUT2D eigenvalue weighted by Gasteiger charge is -2.50. The minimum atomic E-state index is -1.38. The number of amides is 2. The second kappa shape index (κ2) is 7.18. The van der Waals surface area contributed by atoms with Crippen molar-refractivity contribution in [1.29, 1.82) is 5.41 Å². The number of carboxylic acid groups (broad SMARTS) is 1. The molecule has 8 nitrogen and oxygen atoms in total. The van der Waals surface area contributed by atoms with Crippen molar-refractivity contribution in [3.8, 4) is 0 Å². The summed E-state index contributed by atoms with van der Waals surface area (Å²) in [6, 6.07) is -0.995. The van der Waals surface area contributed by atoms with Crippen LogP contribution in [0, 0.1) is 5.41 Å². The van der Waals surface area contributed by atoms with E-state index in [-0.39, 0.29) is 24.0 Å². The Labute approximate surface area is 136 Å². The predicted molar refractivity (Wildman–Crippen MR) is 81.6 cm³/mol. The summed E-state index contributed by atoms with van der Waals surface area (Å²) in [6.07, 6.45) is 0.772. The van der Waals surface area contributed by atoms with E-state index in [1.165, 1.54) is 7.17 Å². The Morgan fingerprint density at radius 3 is 2.78 bits per heavy atom. The van der Waals surface area contributed by atoms with E-state index in [0.717, 1.165) is 16.7 Å². The Morgan fingerprint density at radius 1 is 1.52 bits per heavy atom. The summed E-state index contributed by atoms with van der Waals surface area (Å²) in [5.41, 5.74) is -1.39. The van der Waals surface area contributed by atoms with Crippen molar-refractivity contribution in [1.82, 2.24) is 10.2 Å². The van der Waals surface area contributed by atoms with Gasteiger partial charge in [-0.1, -0.05) is 18.1 Å². The molecule has 0 aromatic carbocycles. The highest BCUT2D eigenvalue weighted by Gasteiger charge is 2.55. The van der Waals surface area contributed by atoms with Crippen molar-refractivity contribution in [2.24, 2.45) is 0 Å². The fraction of sp³-hybridized carbons (Fsp3) is 0.455. The maximum Gasteiger partial charge on any atom is 0.352 e. The first-order chi connectivity index (χ1) is 10.9. The number of rotatable bonds is 7. The molecule has 2 aliphatic heterocycles. The highest BCUT2D eigenvalue weighted by atomic mass is 32.2. The number of halogens is 1. The van der Waals surface area contributed by atoms with Crippen LogP contribution >= 0.6 is 11.8 Å². The number of aliphatic hydroxyl groups is 1. The van der Waals surface area contributed by atoms with Crippen molar-refractivity contribution >= 4 is 50.4 Å². The summed E-state index contributed by atoms with van der Waals surface area (Å²) >= 11 is 0.920. The van der Waals surface area contributed by atoms with Gasteiger partial charge in [-0.25, -0.2) is 4.79 Å². The lowest BCUT2D eigenvalue weighted by molar-refractivity contribution is -0.150. The van der Waals surface area contributed by atoms with Crippen LogP contribution in [-0.2, 0) is 14.4 Å². The number of aliphatic hydroxyl groups excluding tert-OH is 1. The standard InChI is InChI=1S/C11H12B2FN3O5S/c14-13-12-2-1-4-7(10(20)21)17-8(19)6(16-5(18)3-15)9(17)23-11(4)22/h3,6,9,11,15,22H,1-2H2,(H,16,18)(H,20,21). The van der Waals surface area contributed by atoms with Crippen LogP contribution in [0.3, 0.4) is 0 Å². The van der Waals surface area contributed by atoms with Crippen LogP contribution in [-0.4, -0.2) is 70.6 Å². The Balaban J connectivity index is 2.24. The number of thioether (sulfide) groups is 1. The molecule has 0 spiro atoms. The minimum Gasteiger partial charge on any atom is -0.477 e. The van der Waals surface area contributed by atoms with Gasteiger partial charge in [0.1, 0.15) is 29.7 Å². The van der Waals surface area contributed by atoms with Crippen molar-refractivity contribution < 1.29 is 28.9 Å². The zero-order valence-electron chi connectivity index (χ0n) is 11.7. The number of fused-ring (bicyclic) bond motifs is 1. The predicted octanol–water partition coefficient (Wildman–Crippen LogP) is -1.29. The number of β-lactam (4-membered cyclic amide) rings is 1. The van der Waals surface area contributed by atoms with Crippen LogP contribution in [0.5, 0.6) is 0 Å². The van der Waals surface area contributed by atoms with E-state index in [4.69, 9.17) is 5.41 Å². The molecule has 0 bridgehead atoms. The van der Waals surface area contributed by atoms with Crippen LogP contribution in [0.4, 0.5) is 4.32 Å². The zero-order valence-corrected chi connectivity index (χ0v) is 12.5. The first-order valence-electron chi connectivity index (χ1n) is 6.61. The second-order valence-corrected chi connectivity index (χ2v) is 6.00. The van der Waals surface area contributed by atoms with Gasteiger partial charge in [0.25, 0.3) is 11.8 Å². The quantitative estimate of drug-likeness (QED) is 0.198. The number of aliphatic carboxylic acids is 1. The minimum absolute atomic E-state index is 0.0875. The Hall–Kier alpha value is -1.81. The number of carbonyl (C=O) groups is 3. The summed E-state index contributed by atoms with van der Waals surface area (Å²) in [5, 5.41) is 27.8. The fourth-order valence-corrected chi connectivity index (χ4v) is 3.77. The third kappa shape index (κ3) is 3.27. The number of hydrogen-bond donors (Lipinski definition) is 4. The first kappa shape index (κ1) is 17.5. The van der Waals surface area contributed by atoms with Crippen LogP contribution in [0.25, 0.3) is 0 Å². The van der Waals surface area contributed by atoms with E-state index in [1.54, 1.807) is 0 Å². The van der Waals surface area contributed by atoms with Gasteiger partial charge in [0, 0.05) is 0 Å². The molecule has 2 heterocycles. The van der Waals surface area contributed by atoms with Gasteiger partial charge in [0.2, 0.25) is 0 Å². The van der Waals surface area contributed by atoms with E-state index < -0.39 is 34.6 Å². The summed E-state index contributed by atoms with van der Waals surface area (Å²) in [7, 11) is 1.50. The molecule has 23 heavy (non-hydrogen) atoms. The molecule has 4 N–H and O–H groups in total. The molecular formula is C11H12B2FN3O5S. The monoisotopic (exact) mass is 339 g/mol. The summed E-state index contributed by atoms with van der Waals surface area (Å²) < 4.78 is 12.0. The molecule has 2 radical (unpaired) electrons. The maximum absolute atomic E-state index is 12.1. The van der Waals surface area contributed by atoms with E-state index in [1.807, 2.05) is 0 Å². The second-order valence-electron chi connectivity index (χ2n) is 4.80. The topological polar surface area (TPSA) is 131 Å². The third-order valence-corrected chi connectivity index (χ3v) is 4.76. The Kier molecular flexibility index (Phi) is 5.47. The highest BCUT2D eigenvalue weighted by Crippen LogP contribution is 2.44. The van der Waals surface area contributed by atoms with Crippen LogP contribution in [0.15, 0.2) is 11.3 Å². The first-order valence-corrected chi connectivity index (χ1v) is 7.55. The van der Waals surface area contributed by atoms with Gasteiger partial charge in [-0.2, -0.15) is 0 Å². The highest BCUT2D eigenvalue weighted by molar-refractivity contribution is 8.00. The normalized spacial score (nSPS) is 26.1. The Morgan fingerprint density at radius 2 is 2.22 bits per heavy atom. The number of nitrogens with one attached hydrogen (secondary N) is 2. The van der Waals surface area contributed by atoms with E-state index in [9.17, 15) is 28.9 Å². The molecule has 120 valence electrons. The largest absolute Gasteiger partial charge is 0.477 e. The van der Waals surface area contributed by atoms with Crippen LogP contribution in [0.2, 0.25) is 6.32 Å². The molecule has 2 aliphatic rings. The van der Waals surface area contributed by atoms with Gasteiger partial charge in [-0.15, -0.1) is 0 Å². The van der Waals surface area contributed by atoms with Crippen molar-refractivity contribution in [2.75, 3.05) is 0 Å². The van der Waals surface area contributed by atoms with Gasteiger partial charge in [0.05, 0.1) is 6.21 Å². The smallest absolute Gasteiger partial charge is 0.352 e. The SMILES string of the molecule is N=CC(=O)NC1C(=O)N2C(C(=O)O)=C(CC[B][B]F)C(O)SC12. The van der Waals surface area contributed by atoms with Crippen LogP contribution in [0.1, 0.15) is 6.42 Å². The molecule has 2 rings (SSSR count). The molecule has 1 fully saturated rings. The molecule has 0 saturated carbocycles.